The number of carbonyl (C=O) groups is 1. The first kappa shape index (κ1) is 13.1. The van der Waals surface area contributed by atoms with Crippen molar-refractivity contribution in [1.82, 2.24) is 9.36 Å². The van der Waals surface area contributed by atoms with Crippen LogP contribution in [0.5, 0.6) is 0 Å². The highest BCUT2D eigenvalue weighted by atomic mass is 32.2. The summed E-state index contributed by atoms with van der Waals surface area (Å²) in [6, 6.07) is 3.43. The minimum atomic E-state index is -3.43. The lowest BCUT2D eigenvalue weighted by Gasteiger charge is -1.96. The predicted octanol–water partition coefficient (Wildman–Crippen LogP) is 1.65. The quantitative estimate of drug-likeness (QED) is 0.927. The number of sulfone groups is 1. The van der Waals surface area contributed by atoms with E-state index >= 15 is 0 Å². The minimum absolute atomic E-state index is 0.0674. The van der Waals surface area contributed by atoms with E-state index in [9.17, 15) is 13.2 Å². The van der Waals surface area contributed by atoms with Crippen LogP contribution in [-0.4, -0.2) is 29.4 Å². The van der Waals surface area contributed by atoms with Crippen LogP contribution < -0.4 is 5.32 Å². The molecule has 2 aromatic heterocycles. The van der Waals surface area contributed by atoms with E-state index in [1.165, 1.54) is 18.3 Å². The Kier molecular flexibility index (Phi) is 3.73. The van der Waals surface area contributed by atoms with E-state index in [1.807, 2.05) is 0 Å². The SMILES string of the molecule is CCS(=O)(=O)c1nsc(NC(=O)c2cccs2)n1. The molecule has 0 radical (unpaired) electrons. The maximum absolute atomic E-state index is 11.7. The van der Waals surface area contributed by atoms with Gasteiger partial charge in [-0.05, 0) is 11.4 Å². The number of amides is 1. The highest BCUT2D eigenvalue weighted by Gasteiger charge is 2.19. The molecule has 0 aliphatic carbocycles. The molecule has 0 unspecified atom stereocenters. The van der Waals surface area contributed by atoms with Crippen molar-refractivity contribution in [3.63, 3.8) is 0 Å². The summed E-state index contributed by atoms with van der Waals surface area (Å²) in [5.41, 5.74) is 0. The zero-order valence-corrected chi connectivity index (χ0v) is 11.7. The Hall–Kier alpha value is -1.32. The Bertz CT molecular complexity index is 646. The van der Waals surface area contributed by atoms with Crippen LogP contribution in [-0.2, 0) is 9.84 Å². The van der Waals surface area contributed by atoms with Crippen molar-refractivity contribution in [2.75, 3.05) is 11.1 Å². The fourth-order valence-electron chi connectivity index (χ4n) is 1.08. The van der Waals surface area contributed by atoms with Gasteiger partial charge in [0, 0.05) is 11.5 Å². The number of hydrogen-bond acceptors (Lipinski definition) is 7. The summed E-state index contributed by atoms with van der Waals surface area (Å²) in [6.45, 7) is 1.51. The van der Waals surface area contributed by atoms with Gasteiger partial charge in [-0.2, -0.15) is 9.36 Å². The zero-order valence-electron chi connectivity index (χ0n) is 9.28. The summed E-state index contributed by atoms with van der Waals surface area (Å²) in [6.07, 6.45) is 0. The van der Waals surface area contributed by atoms with Crippen molar-refractivity contribution < 1.29 is 13.2 Å². The summed E-state index contributed by atoms with van der Waals surface area (Å²) < 4.78 is 26.7. The standard InChI is InChI=1S/C9H9N3O3S3/c1-2-18(14,15)9-11-8(17-12-9)10-7(13)6-4-3-5-16-6/h3-5H,2H2,1H3,(H,10,11,12,13). The zero-order chi connectivity index (χ0) is 13.2. The molecule has 2 heterocycles. The fourth-order valence-corrected chi connectivity index (χ4v) is 3.29. The molecular formula is C9H9N3O3S3. The van der Waals surface area contributed by atoms with Gasteiger partial charge in [-0.25, -0.2) is 8.42 Å². The minimum Gasteiger partial charge on any atom is -0.296 e. The van der Waals surface area contributed by atoms with Crippen LogP contribution in [0, 0.1) is 0 Å². The average molecular weight is 303 g/mol. The lowest BCUT2D eigenvalue weighted by Crippen LogP contribution is -2.10. The van der Waals surface area contributed by atoms with Crippen molar-refractivity contribution in [2.45, 2.75) is 12.1 Å². The topological polar surface area (TPSA) is 89.0 Å². The number of thiophene rings is 1. The summed E-state index contributed by atoms with van der Waals surface area (Å²) in [5, 5.41) is 4.23. The Morgan fingerprint density at radius 1 is 1.50 bits per heavy atom. The molecule has 0 spiro atoms. The van der Waals surface area contributed by atoms with Crippen molar-refractivity contribution >= 4 is 43.7 Å². The average Bonchev–Trinajstić information content (AvgIpc) is 2.99. The van der Waals surface area contributed by atoms with Gasteiger partial charge < -0.3 is 0 Å². The molecule has 0 fully saturated rings. The molecular weight excluding hydrogens is 294 g/mol. The van der Waals surface area contributed by atoms with Gasteiger partial charge in [-0.1, -0.05) is 13.0 Å². The largest absolute Gasteiger partial charge is 0.296 e. The normalized spacial score (nSPS) is 11.4. The van der Waals surface area contributed by atoms with E-state index in [0.29, 0.717) is 4.88 Å². The number of hydrogen-bond donors (Lipinski definition) is 1. The molecule has 6 nitrogen and oxygen atoms in total. The van der Waals surface area contributed by atoms with E-state index in [2.05, 4.69) is 14.7 Å². The van der Waals surface area contributed by atoms with Gasteiger partial charge in [-0.15, -0.1) is 11.3 Å². The monoisotopic (exact) mass is 303 g/mol. The van der Waals surface area contributed by atoms with E-state index < -0.39 is 9.84 Å². The molecule has 0 aromatic carbocycles. The molecule has 2 aromatic rings. The molecule has 1 N–H and O–H groups in total. The molecule has 0 saturated heterocycles. The maximum atomic E-state index is 11.7. The third-order valence-electron chi connectivity index (χ3n) is 2.03. The molecule has 2 rings (SSSR count). The molecule has 0 bridgehead atoms. The van der Waals surface area contributed by atoms with Gasteiger partial charge in [-0.3, -0.25) is 10.1 Å². The Morgan fingerprint density at radius 2 is 2.28 bits per heavy atom. The van der Waals surface area contributed by atoms with Gasteiger partial charge in [0.25, 0.3) is 11.1 Å². The summed E-state index contributed by atoms with van der Waals surface area (Å²) in [4.78, 5) is 16.0. The molecule has 0 aliphatic rings. The summed E-state index contributed by atoms with van der Waals surface area (Å²) in [7, 11) is -3.43. The number of nitrogens with one attached hydrogen (secondary N) is 1. The second kappa shape index (κ2) is 5.12. The van der Waals surface area contributed by atoms with Gasteiger partial charge in [0.2, 0.25) is 15.0 Å². The number of rotatable bonds is 4. The van der Waals surface area contributed by atoms with Gasteiger partial charge in [0.1, 0.15) is 0 Å². The van der Waals surface area contributed by atoms with E-state index in [4.69, 9.17) is 0 Å². The lowest BCUT2D eigenvalue weighted by molar-refractivity contribution is 0.103. The van der Waals surface area contributed by atoms with Gasteiger partial charge >= 0.3 is 0 Å². The van der Waals surface area contributed by atoms with Crippen LogP contribution in [0.4, 0.5) is 5.13 Å². The molecule has 0 atom stereocenters. The smallest absolute Gasteiger partial charge is 0.267 e. The van der Waals surface area contributed by atoms with Crippen molar-refractivity contribution in [1.29, 1.82) is 0 Å². The Balaban J connectivity index is 2.15. The van der Waals surface area contributed by atoms with E-state index in [1.54, 1.807) is 17.5 Å². The van der Waals surface area contributed by atoms with Gasteiger partial charge in [0.05, 0.1) is 10.6 Å². The van der Waals surface area contributed by atoms with Crippen molar-refractivity contribution in [3.8, 4) is 0 Å². The fraction of sp³-hybridized carbons (Fsp3) is 0.222. The van der Waals surface area contributed by atoms with Crippen molar-refractivity contribution in [3.05, 3.63) is 22.4 Å². The molecule has 1 amide bonds. The summed E-state index contributed by atoms with van der Waals surface area (Å²) in [5.74, 6) is -0.385. The number of nitrogens with zero attached hydrogens (tertiary/aromatic N) is 2. The van der Waals surface area contributed by atoms with Crippen LogP contribution in [0.1, 0.15) is 16.6 Å². The number of carbonyl (C=O) groups excluding carboxylic acids is 1. The molecule has 9 heteroatoms. The second-order valence-corrected chi connectivity index (χ2v) is 7.09. The van der Waals surface area contributed by atoms with Crippen LogP contribution in [0.25, 0.3) is 0 Å². The first-order valence-corrected chi connectivity index (χ1v) is 8.25. The highest BCUT2D eigenvalue weighted by Crippen LogP contribution is 2.17. The van der Waals surface area contributed by atoms with E-state index in [0.717, 1.165) is 11.5 Å². The third kappa shape index (κ3) is 2.74. The number of anilines is 1. The van der Waals surface area contributed by atoms with Crippen LogP contribution in [0.3, 0.4) is 0 Å². The van der Waals surface area contributed by atoms with Crippen molar-refractivity contribution in [2.24, 2.45) is 0 Å². The Labute approximate surface area is 112 Å². The molecule has 0 aliphatic heterocycles. The van der Waals surface area contributed by atoms with Crippen LogP contribution in [0.15, 0.2) is 22.7 Å². The first-order chi connectivity index (χ1) is 8.53. The molecule has 96 valence electrons. The van der Waals surface area contributed by atoms with Crippen LogP contribution >= 0.6 is 22.9 Å². The third-order valence-corrected chi connectivity index (χ3v) is 5.14. The second-order valence-electron chi connectivity index (χ2n) is 3.22. The number of aromatic nitrogens is 2. The van der Waals surface area contributed by atoms with Gasteiger partial charge in [0.15, 0.2) is 0 Å². The lowest BCUT2D eigenvalue weighted by atomic mass is 10.4. The maximum Gasteiger partial charge on any atom is 0.267 e. The molecule has 0 saturated carbocycles. The Morgan fingerprint density at radius 3 is 2.89 bits per heavy atom. The first-order valence-electron chi connectivity index (χ1n) is 4.94. The van der Waals surface area contributed by atoms with Crippen LogP contribution in [0.2, 0.25) is 0 Å². The summed E-state index contributed by atoms with van der Waals surface area (Å²) >= 11 is 2.14. The van der Waals surface area contributed by atoms with E-state index in [-0.39, 0.29) is 21.9 Å². The predicted molar refractivity (Wildman–Crippen MR) is 69.9 cm³/mol. The molecule has 18 heavy (non-hydrogen) atoms. The highest BCUT2D eigenvalue weighted by molar-refractivity contribution is 7.91.